The van der Waals surface area contributed by atoms with E-state index in [1.807, 2.05) is 6.92 Å². The van der Waals surface area contributed by atoms with Gasteiger partial charge in [0, 0.05) is 6.20 Å². The van der Waals surface area contributed by atoms with Gasteiger partial charge in [0.25, 0.3) is 0 Å². The van der Waals surface area contributed by atoms with Crippen molar-refractivity contribution in [3.8, 4) is 18.2 Å². The van der Waals surface area contributed by atoms with E-state index in [2.05, 4.69) is 21.5 Å². The fourth-order valence-corrected chi connectivity index (χ4v) is 1.18. The Kier molecular flexibility index (Phi) is 5.55. The van der Waals surface area contributed by atoms with Gasteiger partial charge in [-0.25, -0.2) is 4.98 Å². The van der Waals surface area contributed by atoms with Crippen molar-refractivity contribution in [3.63, 3.8) is 0 Å². The first-order chi connectivity index (χ1) is 8.27. The molecule has 1 heterocycles. The first-order valence-corrected chi connectivity index (χ1v) is 5.29. The number of hydrogen-bond donors (Lipinski definition) is 2. The number of pyridine rings is 1. The molecule has 17 heavy (non-hydrogen) atoms. The molecule has 0 saturated carbocycles. The quantitative estimate of drug-likeness (QED) is 0.559. The second-order valence-corrected chi connectivity index (χ2v) is 3.14. The van der Waals surface area contributed by atoms with Gasteiger partial charge in [0.2, 0.25) is 11.8 Å². The molecule has 1 rings (SSSR count). The monoisotopic (exact) mass is 233 g/mol. The molecule has 5 heteroatoms. The number of ether oxygens (including phenoxy) is 1. The average molecular weight is 233 g/mol. The van der Waals surface area contributed by atoms with Crippen LogP contribution in [0.5, 0.6) is 5.88 Å². The van der Waals surface area contributed by atoms with Crippen molar-refractivity contribution in [1.29, 1.82) is 0 Å². The Morgan fingerprint density at radius 2 is 2.47 bits per heavy atom. The zero-order valence-electron chi connectivity index (χ0n) is 9.69. The largest absolute Gasteiger partial charge is 0.476 e. The minimum Gasteiger partial charge on any atom is -0.476 e. The third kappa shape index (κ3) is 4.53. The lowest BCUT2D eigenvalue weighted by atomic mass is 10.4. The standard InChI is InChI=1S/C12H15N3O2/c1-3-7-13-9-11(16)15-10-6-5-8-14-12(10)17-4-2/h1,5-6,8,13H,4,7,9H2,2H3,(H,15,16). The smallest absolute Gasteiger partial charge is 0.238 e. The highest BCUT2D eigenvalue weighted by Gasteiger charge is 2.07. The molecule has 0 bridgehead atoms. The lowest BCUT2D eigenvalue weighted by Gasteiger charge is -2.09. The molecule has 0 aliphatic carbocycles. The van der Waals surface area contributed by atoms with Crippen molar-refractivity contribution in [1.82, 2.24) is 10.3 Å². The number of carbonyl (C=O) groups excluding carboxylic acids is 1. The molecule has 5 nitrogen and oxygen atoms in total. The Labute approximate surface area is 101 Å². The van der Waals surface area contributed by atoms with E-state index in [1.54, 1.807) is 18.3 Å². The van der Waals surface area contributed by atoms with Gasteiger partial charge in [-0.1, -0.05) is 5.92 Å². The third-order valence-corrected chi connectivity index (χ3v) is 1.84. The number of terminal acetylenes is 1. The van der Waals surface area contributed by atoms with E-state index in [0.29, 0.717) is 24.7 Å². The number of nitrogens with one attached hydrogen (secondary N) is 2. The van der Waals surface area contributed by atoms with Crippen LogP contribution in [0.2, 0.25) is 0 Å². The number of rotatable bonds is 6. The summed E-state index contributed by atoms with van der Waals surface area (Å²) < 4.78 is 5.28. The SMILES string of the molecule is C#CCNCC(=O)Nc1cccnc1OCC. The van der Waals surface area contributed by atoms with Crippen LogP contribution in [0.1, 0.15) is 6.92 Å². The van der Waals surface area contributed by atoms with Crippen LogP contribution in [0.25, 0.3) is 0 Å². The molecular formula is C12H15N3O2. The minimum atomic E-state index is -0.186. The average Bonchev–Trinajstić information content (AvgIpc) is 2.32. The summed E-state index contributed by atoms with van der Waals surface area (Å²) >= 11 is 0. The molecule has 1 aromatic rings. The summed E-state index contributed by atoms with van der Waals surface area (Å²) in [7, 11) is 0. The molecule has 0 unspecified atom stereocenters. The normalized spacial score (nSPS) is 9.41. The van der Waals surface area contributed by atoms with Gasteiger partial charge in [0.1, 0.15) is 5.69 Å². The third-order valence-electron chi connectivity index (χ3n) is 1.84. The van der Waals surface area contributed by atoms with E-state index < -0.39 is 0 Å². The van der Waals surface area contributed by atoms with Crippen LogP contribution in [0.3, 0.4) is 0 Å². The van der Waals surface area contributed by atoms with E-state index in [0.717, 1.165) is 0 Å². The van der Waals surface area contributed by atoms with Gasteiger partial charge >= 0.3 is 0 Å². The van der Waals surface area contributed by atoms with Crippen LogP contribution in [-0.2, 0) is 4.79 Å². The maximum absolute atomic E-state index is 11.5. The first kappa shape index (κ1) is 13.0. The highest BCUT2D eigenvalue weighted by molar-refractivity contribution is 5.93. The molecule has 0 aliphatic heterocycles. The van der Waals surface area contributed by atoms with E-state index in [4.69, 9.17) is 11.2 Å². The molecule has 0 aromatic carbocycles. The predicted octanol–water partition coefficient (Wildman–Crippen LogP) is 0.642. The van der Waals surface area contributed by atoms with Crippen molar-refractivity contribution in [3.05, 3.63) is 18.3 Å². The fourth-order valence-electron chi connectivity index (χ4n) is 1.18. The van der Waals surface area contributed by atoms with E-state index in [9.17, 15) is 4.79 Å². The van der Waals surface area contributed by atoms with Gasteiger partial charge < -0.3 is 10.1 Å². The summed E-state index contributed by atoms with van der Waals surface area (Å²) in [5.74, 6) is 2.62. The maximum atomic E-state index is 11.5. The molecule has 0 fully saturated rings. The van der Waals surface area contributed by atoms with Crippen LogP contribution >= 0.6 is 0 Å². The van der Waals surface area contributed by atoms with Crippen molar-refractivity contribution < 1.29 is 9.53 Å². The van der Waals surface area contributed by atoms with Crippen molar-refractivity contribution in [2.45, 2.75) is 6.92 Å². The van der Waals surface area contributed by atoms with Gasteiger partial charge in [-0.15, -0.1) is 6.42 Å². The number of carbonyl (C=O) groups is 1. The Hall–Kier alpha value is -2.06. The summed E-state index contributed by atoms with van der Waals surface area (Å²) in [6.07, 6.45) is 6.67. The summed E-state index contributed by atoms with van der Waals surface area (Å²) in [4.78, 5) is 15.5. The van der Waals surface area contributed by atoms with Gasteiger partial charge in [0.15, 0.2) is 0 Å². The molecule has 1 aromatic heterocycles. The van der Waals surface area contributed by atoms with Crippen LogP contribution in [0.4, 0.5) is 5.69 Å². The summed E-state index contributed by atoms with van der Waals surface area (Å²) in [6.45, 7) is 2.87. The van der Waals surface area contributed by atoms with Crippen LogP contribution in [0.15, 0.2) is 18.3 Å². The zero-order chi connectivity index (χ0) is 12.5. The lowest BCUT2D eigenvalue weighted by molar-refractivity contribution is -0.115. The molecule has 1 amide bonds. The molecule has 2 N–H and O–H groups in total. The molecule has 0 saturated heterocycles. The fraction of sp³-hybridized carbons (Fsp3) is 0.333. The Bertz CT molecular complexity index is 412. The second-order valence-electron chi connectivity index (χ2n) is 3.14. The summed E-state index contributed by atoms with van der Waals surface area (Å²) in [5.41, 5.74) is 0.557. The number of aromatic nitrogens is 1. The van der Waals surface area contributed by atoms with Crippen molar-refractivity contribution in [2.75, 3.05) is 25.0 Å². The predicted molar refractivity (Wildman–Crippen MR) is 65.7 cm³/mol. The van der Waals surface area contributed by atoms with Crippen LogP contribution in [-0.4, -0.2) is 30.6 Å². The molecule has 0 atom stereocenters. The second kappa shape index (κ2) is 7.25. The van der Waals surface area contributed by atoms with Gasteiger partial charge in [-0.05, 0) is 19.1 Å². The number of hydrogen-bond acceptors (Lipinski definition) is 4. The van der Waals surface area contributed by atoms with E-state index >= 15 is 0 Å². The minimum absolute atomic E-state index is 0.157. The van der Waals surface area contributed by atoms with E-state index in [1.165, 1.54) is 0 Å². The van der Waals surface area contributed by atoms with Crippen LogP contribution < -0.4 is 15.4 Å². The Balaban J connectivity index is 2.55. The zero-order valence-corrected chi connectivity index (χ0v) is 9.69. The van der Waals surface area contributed by atoms with Gasteiger partial charge in [-0.2, -0.15) is 0 Å². The molecule has 0 aliphatic rings. The summed E-state index contributed by atoms with van der Waals surface area (Å²) in [5, 5.41) is 5.49. The van der Waals surface area contributed by atoms with E-state index in [-0.39, 0.29) is 12.5 Å². The first-order valence-electron chi connectivity index (χ1n) is 5.29. The summed E-state index contributed by atoms with van der Waals surface area (Å²) in [6, 6.07) is 3.46. The van der Waals surface area contributed by atoms with Gasteiger partial charge in [0.05, 0.1) is 19.7 Å². The lowest BCUT2D eigenvalue weighted by Crippen LogP contribution is -2.28. The van der Waals surface area contributed by atoms with Gasteiger partial charge in [-0.3, -0.25) is 10.1 Å². The Morgan fingerprint density at radius 3 is 3.18 bits per heavy atom. The number of amides is 1. The maximum Gasteiger partial charge on any atom is 0.238 e. The molecule has 0 spiro atoms. The Morgan fingerprint density at radius 1 is 1.65 bits per heavy atom. The highest BCUT2D eigenvalue weighted by Crippen LogP contribution is 2.19. The topological polar surface area (TPSA) is 63.2 Å². The highest BCUT2D eigenvalue weighted by atomic mass is 16.5. The van der Waals surface area contributed by atoms with Crippen molar-refractivity contribution >= 4 is 11.6 Å². The molecule has 0 radical (unpaired) electrons. The number of anilines is 1. The molecule has 90 valence electrons. The number of nitrogens with zero attached hydrogens (tertiary/aromatic N) is 1. The molecular weight excluding hydrogens is 218 g/mol. The van der Waals surface area contributed by atoms with Crippen LogP contribution in [0, 0.1) is 12.3 Å². The van der Waals surface area contributed by atoms with Crippen molar-refractivity contribution in [2.24, 2.45) is 0 Å².